The summed E-state index contributed by atoms with van der Waals surface area (Å²) in [5.74, 6) is 0.915. The van der Waals surface area contributed by atoms with Crippen molar-refractivity contribution in [3.63, 3.8) is 0 Å². The molecule has 1 N–H and O–H groups in total. The first kappa shape index (κ1) is 11.3. The summed E-state index contributed by atoms with van der Waals surface area (Å²) in [6.45, 7) is 3.36. The fourth-order valence-corrected chi connectivity index (χ4v) is 2.73. The lowest BCUT2D eigenvalue weighted by atomic mass is 9.87. The molecule has 0 atom stereocenters. The Labute approximate surface area is 104 Å². The van der Waals surface area contributed by atoms with Gasteiger partial charge in [-0.1, -0.05) is 6.92 Å². The van der Waals surface area contributed by atoms with Gasteiger partial charge >= 0.3 is 0 Å². The summed E-state index contributed by atoms with van der Waals surface area (Å²) < 4.78 is 2.20. The quantitative estimate of drug-likeness (QED) is 0.866. The zero-order valence-electron chi connectivity index (χ0n) is 10.7. The minimum absolute atomic E-state index is 0.654. The summed E-state index contributed by atoms with van der Waals surface area (Å²) in [5.41, 5.74) is 1.34. The van der Waals surface area contributed by atoms with Crippen molar-refractivity contribution in [2.24, 2.45) is 5.92 Å². The van der Waals surface area contributed by atoms with E-state index < -0.39 is 0 Å². The Balaban J connectivity index is 1.55. The van der Waals surface area contributed by atoms with Gasteiger partial charge < -0.3 is 5.32 Å². The molecule has 0 bridgehead atoms. The molecule has 2 aliphatic carbocycles. The van der Waals surface area contributed by atoms with E-state index in [1.54, 1.807) is 0 Å². The highest BCUT2D eigenvalue weighted by Gasteiger charge is 2.22. The van der Waals surface area contributed by atoms with Crippen LogP contribution in [0.15, 0.2) is 12.4 Å². The predicted molar refractivity (Wildman–Crippen MR) is 68.8 cm³/mol. The van der Waals surface area contributed by atoms with Crippen LogP contribution in [0.5, 0.6) is 0 Å². The zero-order valence-corrected chi connectivity index (χ0v) is 10.7. The van der Waals surface area contributed by atoms with E-state index in [0.29, 0.717) is 6.04 Å². The largest absolute Gasteiger partial charge is 0.310 e. The molecule has 1 aromatic rings. The fourth-order valence-electron chi connectivity index (χ4n) is 2.73. The molecule has 3 nitrogen and oxygen atoms in total. The molecule has 0 aromatic carbocycles. The Kier molecular flexibility index (Phi) is 3.19. The van der Waals surface area contributed by atoms with Crippen LogP contribution in [0.2, 0.25) is 0 Å². The molecule has 2 aliphatic rings. The van der Waals surface area contributed by atoms with Crippen molar-refractivity contribution < 1.29 is 0 Å². The molecule has 0 radical (unpaired) electrons. The van der Waals surface area contributed by atoms with Gasteiger partial charge in [-0.25, -0.2) is 0 Å². The van der Waals surface area contributed by atoms with E-state index in [1.807, 2.05) is 6.20 Å². The lowest BCUT2D eigenvalue weighted by Crippen LogP contribution is -2.17. The predicted octanol–water partition coefficient (Wildman–Crippen LogP) is 2.89. The van der Waals surface area contributed by atoms with E-state index in [9.17, 15) is 0 Å². The molecule has 2 saturated carbocycles. The monoisotopic (exact) mass is 233 g/mol. The molecule has 17 heavy (non-hydrogen) atoms. The lowest BCUT2D eigenvalue weighted by Gasteiger charge is -2.26. The average molecular weight is 233 g/mol. The molecule has 1 heterocycles. The Bertz CT molecular complexity index is 359. The summed E-state index contributed by atoms with van der Waals surface area (Å²) in [5, 5.41) is 8.08. The highest BCUT2D eigenvalue weighted by atomic mass is 15.3. The van der Waals surface area contributed by atoms with Crippen molar-refractivity contribution in [1.82, 2.24) is 15.1 Å². The van der Waals surface area contributed by atoms with E-state index in [2.05, 4.69) is 28.2 Å². The SMILES string of the molecule is CC1CCC(n2cc(CNC3CC3)cn2)CC1. The van der Waals surface area contributed by atoms with Crippen LogP contribution in [-0.4, -0.2) is 15.8 Å². The van der Waals surface area contributed by atoms with Crippen LogP contribution in [0.4, 0.5) is 0 Å². The van der Waals surface area contributed by atoms with Crippen molar-refractivity contribution in [2.45, 2.75) is 64.1 Å². The van der Waals surface area contributed by atoms with E-state index in [4.69, 9.17) is 0 Å². The first-order valence-corrected chi connectivity index (χ1v) is 7.07. The van der Waals surface area contributed by atoms with Crippen LogP contribution >= 0.6 is 0 Å². The fraction of sp³-hybridized carbons (Fsp3) is 0.786. The third-order valence-electron chi connectivity index (χ3n) is 4.19. The maximum atomic E-state index is 4.54. The number of nitrogens with one attached hydrogen (secondary N) is 1. The van der Waals surface area contributed by atoms with Crippen LogP contribution < -0.4 is 5.32 Å². The number of aromatic nitrogens is 2. The molecule has 0 aliphatic heterocycles. The highest BCUT2D eigenvalue weighted by Crippen LogP contribution is 2.31. The van der Waals surface area contributed by atoms with Crippen LogP contribution in [0.3, 0.4) is 0 Å². The Hall–Kier alpha value is -0.830. The standard InChI is InChI=1S/C14H23N3/c1-11-2-6-14(7-3-11)17-10-12(9-16-17)8-15-13-4-5-13/h9-11,13-15H,2-8H2,1H3. The van der Waals surface area contributed by atoms with E-state index in [1.165, 1.54) is 44.1 Å². The van der Waals surface area contributed by atoms with Crippen LogP contribution in [0, 0.1) is 5.92 Å². The average Bonchev–Trinajstić information content (AvgIpc) is 3.06. The smallest absolute Gasteiger partial charge is 0.0534 e. The minimum Gasteiger partial charge on any atom is -0.310 e. The summed E-state index contributed by atoms with van der Waals surface area (Å²) in [4.78, 5) is 0. The molecular weight excluding hydrogens is 210 g/mol. The normalized spacial score (nSPS) is 29.5. The van der Waals surface area contributed by atoms with Gasteiger partial charge in [0, 0.05) is 24.3 Å². The second kappa shape index (κ2) is 4.81. The highest BCUT2D eigenvalue weighted by molar-refractivity contribution is 5.05. The van der Waals surface area contributed by atoms with Gasteiger partial charge in [0.2, 0.25) is 0 Å². The number of nitrogens with zero attached hydrogens (tertiary/aromatic N) is 2. The number of hydrogen-bond donors (Lipinski definition) is 1. The van der Waals surface area contributed by atoms with Crippen molar-refractivity contribution in [2.75, 3.05) is 0 Å². The summed E-state index contributed by atoms with van der Waals surface area (Å²) in [6, 6.07) is 1.44. The van der Waals surface area contributed by atoms with Crippen molar-refractivity contribution in [3.05, 3.63) is 18.0 Å². The zero-order chi connectivity index (χ0) is 11.7. The third-order valence-corrected chi connectivity index (χ3v) is 4.19. The molecular formula is C14H23N3. The van der Waals surface area contributed by atoms with Crippen LogP contribution in [-0.2, 0) is 6.54 Å². The third kappa shape index (κ3) is 2.89. The molecule has 94 valence electrons. The molecule has 0 spiro atoms. The Morgan fingerprint density at radius 3 is 2.71 bits per heavy atom. The first-order chi connectivity index (χ1) is 8.31. The summed E-state index contributed by atoms with van der Waals surface area (Å²) in [7, 11) is 0. The van der Waals surface area contributed by atoms with Gasteiger partial charge in [0.1, 0.15) is 0 Å². The van der Waals surface area contributed by atoms with Crippen LogP contribution in [0.25, 0.3) is 0 Å². The van der Waals surface area contributed by atoms with Crippen molar-refractivity contribution in [1.29, 1.82) is 0 Å². The van der Waals surface area contributed by atoms with Gasteiger partial charge in [0.25, 0.3) is 0 Å². The van der Waals surface area contributed by atoms with E-state index in [-0.39, 0.29) is 0 Å². The van der Waals surface area contributed by atoms with Gasteiger partial charge in [-0.15, -0.1) is 0 Å². The summed E-state index contributed by atoms with van der Waals surface area (Å²) >= 11 is 0. The van der Waals surface area contributed by atoms with Gasteiger partial charge in [-0.3, -0.25) is 4.68 Å². The second-order valence-corrected chi connectivity index (χ2v) is 5.90. The van der Waals surface area contributed by atoms with E-state index in [0.717, 1.165) is 18.5 Å². The van der Waals surface area contributed by atoms with Gasteiger partial charge in [-0.2, -0.15) is 5.10 Å². The first-order valence-electron chi connectivity index (χ1n) is 7.07. The molecule has 0 saturated heterocycles. The molecule has 3 rings (SSSR count). The maximum Gasteiger partial charge on any atom is 0.0534 e. The maximum absolute atomic E-state index is 4.54. The molecule has 0 amide bonds. The lowest BCUT2D eigenvalue weighted by molar-refractivity contribution is 0.274. The van der Waals surface area contributed by atoms with Gasteiger partial charge in [-0.05, 0) is 44.4 Å². The molecule has 2 fully saturated rings. The number of hydrogen-bond acceptors (Lipinski definition) is 2. The molecule has 0 unspecified atom stereocenters. The Morgan fingerprint density at radius 2 is 2.00 bits per heavy atom. The van der Waals surface area contributed by atoms with E-state index >= 15 is 0 Å². The van der Waals surface area contributed by atoms with Crippen LogP contribution in [0.1, 0.15) is 57.1 Å². The van der Waals surface area contributed by atoms with Gasteiger partial charge in [0.05, 0.1) is 12.2 Å². The minimum atomic E-state index is 0.654. The molecule has 1 aromatic heterocycles. The number of rotatable bonds is 4. The van der Waals surface area contributed by atoms with Gasteiger partial charge in [0.15, 0.2) is 0 Å². The van der Waals surface area contributed by atoms with Crippen molar-refractivity contribution in [3.8, 4) is 0 Å². The summed E-state index contributed by atoms with van der Waals surface area (Å²) in [6.07, 6.45) is 12.3. The Morgan fingerprint density at radius 1 is 1.24 bits per heavy atom. The second-order valence-electron chi connectivity index (χ2n) is 5.90. The molecule has 3 heteroatoms. The van der Waals surface area contributed by atoms with Crippen molar-refractivity contribution >= 4 is 0 Å². The topological polar surface area (TPSA) is 29.9 Å².